The first-order valence-corrected chi connectivity index (χ1v) is 11.5. The molecule has 0 saturated carbocycles. The number of halogens is 5. The molecule has 1 N–H and O–H groups in total. The number of rotatable bonds is 5. The van der Waals surface area contributed by atoms with E-state index in [2.05, 4.69) is 25.3 Å². The van der Waals surface area contributed by atoms with Crippen LogP contribution in [0.3, 0.4) is 0 Å². The average molecular weight is 513 g/mol. The molecule has 3 aromatic rings. The summed E-state index contributed by atoms with van der Waals surface area (Å²) in [5.41, 5.74) is -0.602. The molecule has 2 atom stereocenters. The van der Waals surface area contributed by atoms with Crippen molar-refractivity contribution >= 4 is 23.1 Å². The van der Waals surface area contributed by atoms with E-state index < -0.39 is 48.6 Å². The molecular weight excluding hydrogens is 491 g/mol. The van der Waals surface area contributed by atoms with Gasteiger partial charge in [-0.25, -0.2) is 23.7 Å². The Morgan fingerprint density at radius 3 is 2.63 bits per heavy atom. The number of alkyl halides is 5. The van der Waals surface area contributed by atoms with Gasteiger partial charge in [0.05, 0.1) is 40.6 Å². The predicted molar refractivity (Wildman–Crippen MR) is 119 cm³/mol. The molecule has 35 heavy (non-hydrogen) atoms. The van der Waals surface area contributed by atoms with Crippen LogP contribution in [0.25, 0.3) is 10.6 Å². The Morgan fingerprint density at radius 2 is 2.00 bits per heavy atom. The number of hydrogen-bond acceptors (Lipinski definition) is 7. The monoisotopic (exact) mass is 512 g/mol. The maximum Gasteiger partial charge on any atom is 0.434 e. The number of amides is 1. The van der Waals surface area contributed by atoms with Gasteiger partial charge in [0.15, 0.2) is 5.69 Å². The van der Waals surface area contributed by atoms with Crippen molar-refractivity contribution in [2.75, 3.05) is 18.4 Å². The lowest BCUT2D eigenvalue weighted by Crippen LogP contribution is -2.57. The fourth-order valence-electron chi connectivity index (χ4n) is 4.03. The number of aryl methyl sites for hydroxylation is 1. The fraction of sp³-hybridized carbons (Fsp3) is 0.409. The minimum absolute atomic E-state index is 0.00886. The number of anilines is 1. The number of nitrogens with zero attached hydrogens (tertiary/aromatic N) is 5. The van der Waals surface area contributed by atoms with Crippen molar-refractivity contribution in [1.82, 2.24) is 24.8 Å². The van der Waals surface area contributed by atoms with E-state index in [1.54, 1.807) is 38.2 Å². The van der Waals surface area contributed by atoms with Crippen LogP contribution in [0.15, 0.2) is 36.8 Å². The second-order valence-electron chi connectivity index (χ2n) is 8.33. The first-order chi connectivity index (χ1) is 16.4. The number of hydrogen-bond donors (Lipinski definition) is 1. The smallest absolute Gasteiger partial charge is 0.367 e. The number of nitrogens with one attached hydrogen (secondary N) is 1. The van der Waals surface area contributed by atoms with Crippen LogP contribution in [0.2, 0.25) is 0 Å². The van der Waals surface area contributed by atoms with Crippen LogP contribution in [-0.4, -0.2) is 55.8 Å². The van der Waals surface area contributed by atoms with Crippen molar-refractivity contribution in [3.05, 3.63) is 53.2 Å². The molecule has 1 aliphatic heterocycles. The third kappa shape index (κ3) is 5.55. The van der Waals surface area contributed by atoms with Crippen LogP contribution in [-0.2, 0) is 6.18 Å². The summed E-state index contributed by atoms with van der Waals surface area (Å²) in [6.45, 7) is 2.50. The Bertz CT molecular complexity index is 1190. The number of aromatic nitrogens is 4. The SMILES string of the molecule is Cc1nc(C(=O)N2CC(F)(F)CC(C)C2CNc2cnc(C(F)(F)F)cn2)c(-c2ccccn2)s1. The summed E-state index contributed by atoms with van der Waals surface area (Å²) >= 11 is 1.24. The van der Waals surface area contributed by atoms with E-state index in [1.165, 1.54) is 11.3 Å². The number of likely N-dealkylation sites (tertiary alicyclic amines) is 1. The topological polar surface area (TPSA) is 83.9 Å². The average Bonchev–Trinajstić information content (AvgIpc) is 3.19. The van der Waals surface area contributed by atoms with E-state index in [4.69, 9.17) is 0 Å². The summed E-state index contributed by atoms with van der Waals surface area (Å²) in [7, 11) is 0. The molecule has 4 rings (SSSR count). The van der Waals surface area contributed by atoms with Crippen molar-refractivity contribution in [3.63, 3.8) is 0 Å². The minimum Gasteiger partial charge on any atom is -0.367 e. The Labute approximate surface area is 201 Å². The highest BCUT2D eigenvalue weighted by atomic mass is 32.1. The molecule has 0 aromatic carbocycles. The molecule has 0 bridgehead atoms. The normalized spacial score (nSPS) is 20.0. The van der Waals surface area contributed by atoms with Crippen molar-refractivity contribution in [2.24, 2.45) is 5.92 Å². The zero-order chi connectivity index (χ0) is 25.4. The Balaban J connectivity index is 1.60. The number of carbonyl (C=O) groups excluding carboxylic acids is 1. The van der Waals surface area contributed by atoms with E-state index in [0.29, 0.717) is 21.8 Å². The molecule has 1 fully saturated rings. The summed E-state index contributed by atoms with van der Waals surface area (Å²) in [4.78, 5) is 30.7. The minimum atomic E-state index is -4.63. The standard InChI is InChI=1S/C22H21F5N6OS/c1-12-7-21(23,24)11-33(15(12)8-30-17-10-29-16(9-31-17)22(25,26)27)20(34)18-19(35-13(2)32-18)14-5-3-4-6-28-14/h3-6,9-10,12,15H,7-8,11H2,1-2H3,(H,30,31). The molecule has 3 aromatic heterocycles. The van der Waals surface area contributed by atoms with Gasteiger partial charge in [0.2, 0.25) is 0 Å². The van der Waals surface area contributed by atoms with Gasteiger partial charge in [-0.3, -0.25) is 9.78 Å². The van der Waals surface area contributed by atoms with Crippen LogP contribution in [0.4, 0.5) is 27.8 Å². The first kappa shape index (κ1) is 24.9. The summed E-state index contributed by atoms with van der Waals surface area (Å²) in [5.74, 6) is -4.34. The van der Waals surface area contributed by atoms with Crippen LogP contribution in [0.5, 0.6) is 0 Å². The molecule has 13 heteroatoms. The maximum atomic E-state index is 14.5. The number of piperidine rings is 1. The molecule has 4 heterocycles. The lowest BCUT2D eigenvalue weighted by Gasteiger charge is -2.43. The zero-order valence-corrected chi connectivity index (χ0v) is 19.5. The fourth-order valence-corrected chi connectivity index (χ4v) is 4.92. The van der Waals surface area contributed by atoms with E-state index in [-0.39, 0.29) is 18.1 Å². The third-order valence-electron chi connectivity index (χ3n) is 5.61. The highest BCUT2D eigenvalue weighted by Gasteiger charge is 2.47. The second-order valence-corrected chi connectivity index (χ2v) is 9.53. The van der Waals surface area contributed by atoms with Gasteiger partial charge in [0.1, 0.15) is 11.5 Å². The van der Waals surface area contributed by atoms with Gasteiger partial charge in [-0.1, -0.05) is 13.0 Å². The van der Waals surface area contributed by atoms with Gasteiger partial charge in [0.25, 0.3) is 11.8 Å². The first-order valence-electron chi connectivity index (χ1n) is 10.7. The second kappa shape index (κ2) is 9.44. The van der Waals surface area contributed by atoms with E-state index in [0.717, 1.165) is 11.1 Å². The van der Waals surface area contributed by atoms with Gasteiger partial charge in [-0.2, -0.15) is 13.2 Å². The molecule has 186 valence electrons. The summed E-state index contributed by atoms with van der Waals surface area (Å²) in [6.07, 6.45) is -2.01. The summed E-state index contributed by atoms with van der Waals surface area (Å²) in [5, 5.41) is 3.41. The largest absolute Gasteiger partial charge is 0.434 e. The number of thiazole rings is 1. The van der Waals surface area contributed by atoms with Crippen molar-refractivity contribution < 1.29 is 26.7 Å². The molecule has 0 aliphatic carbocycles. The van der Waals surface area contributed by atoms with Crippen LogP contribution >= 0.6 is 11.3 Å². The highest BCUT2D eigenvalue weighted by molar-refractivity contribution is 7.15. The van der Waals surface area contributed by atoms with Crippen LogP contribution in [0, 0.1) is 12.8 Å². The number of carbonyl (C=O) groups is 1. The van der Waals surface area contributed by atoms with Gasteiger partial charge in [0, 0.05) is 19.2 Å². The van der Waals surface area contributed by atoms with E-state index in [9.17, 15) is 26.7 Å². The zero-order valence-electron chi connectivity index (χ0n) is 18.7. The van der Waals surface area contributed by atoms with E-state index >= 15 is 0 Å². The van der Waals surface area contributed by atoms with Crippen LogP contribution < -0.4 is 5.32 Å². The van der Waals surface area contributed by atoms with E-state index in [1.807, 2.05) is 0 Å². The maximum absolute atomic E-state index is 14.5. The molecule has 1 amide bonds. The third-order valence-corrected chi connectivity index (χ3v) is 6.60. The molecule has 0 spiro atoms. The summed E-state index contributed by atoms with van der Waals surface area (Å²) < 4.78 is 67.3. The van der Waals surface area contributed by atoms with Crippen molar-refractivity contribution in [1.29, 1.82) is 0 Å². The van der Waals surface area contributed by atoms with Gasteiger partial charge in [-0.05, 0) is 25.0 Å². The molecule has 1 saturated heterocycles. The Kier molecular flexibility index (Phi) is 6.71. The van der Waals surface area contributed by atoms with Crippen molar-refractivity contribution in [2.45, 2.75) is 38.4 Å². The lowest BCUT2D eigenvalue weighted by molar-refractivity contribution is -0.141. The van der Waals surface area contributed by atoms with Crippen molar-refractivity contribution in [3.8, 4) is 10.6 Å². The number of pyridine rings is 1. The van der Waals surface area contributed by atoms with Gasteiger partial charge >= 0.3 is 6.18 Å². The van der Waals surface area contributed by atoms with Crippen LogP contribution in [0.1, 0.15) is 34.5 Å². The molecule has 1 aliphatic rings. The Morgan fingerprint density at radius 1 is 1.23 bits per heavy atom. The Hall–Kier alpha value is -3.22. The predicted octanol–water partition coefficient (Wildman–Crippen LogP) is 4.92. The molecule has 0 radical (unpaired) electrons. The molecule has 2 unspecified atom stereocenters. The molecular formula is C22H21F5N6OS. The van der Waals surface area contributed by atoms with Gasteiger partial charge in [-0.15, -0.1) is 11.3 Å². The lowest BCUT2D eigenvalue weighted by atomic mass is 9.88. The van der Waals surface area contributed by atoms with Gasteiger partial charge < -0.3 is 10.2 Å². The molecule has 7 nitrogen and oxygen atoms in total. The summed E-state index contributed by atoms with van der Waals surface area (Å²) in [6, 6.07) is 4.49. The quantitative estimate of drug-likeness (QED) is 0.489. The highest BCUT2D eigenvalue weighted by Crippen LogP contribution is 2.37.